The quantitative estimate of drug-likeness (QED) is 0.518. The summed E-state index contributed by atoms with van der Waals surface area (Å²) < 4.78 is 22.2. The minimum Gasteiger partial charge on any atom is -0.493 e. The van der Waals surface area contributed by atoms with Crippen molar-refractivity contribution in [1.82, 2.24) is 4.98 Å². The molecule has 5 rings (SSSR count). The maximum atomic E-state index is 12.8. The van der Waals surface area contributed by atoms with Crippen molar-refractivity contribution in [2.45, 2.75) is 12.5 Å². The molecule has 0 saturated carbocycles. The molecular formula is C23H18N2O5S2. The summed E-state index contributed by atoms with van der Waals surface area (Å²) in [5.41, 5.74) is 1.74. The topological polar surface area (TPSA) is 90.7 Å². The smallest absolute Gasteiger partial charge is 0.231 e. The SMILES string of the molecule is COc1cc(/C=C2\SC(=N)[C@H](c3nccs3)C2=O)ccc1OCc1ccc2c(c1)OCO2. The molecule has 1 fully saturated rings. The second-order valence-corrected chi connectivity index (χ2v) is 9.04. The van der Waals surface area contributed by atoms with E-state index in [-0.39, 0.29) is 12.6 Å². The molecule has 0 radical (unpaired) electrons. The van der Waals surface area contributed by atoms with E-state index >= 15 is 0 Å². The fourth-order valence-electron chi connectivity index (χ4n) is 3.43. The normalized spacial score (nSPS) is 18.4. The van der Waals surface area contributed by atoms with Gasteiger partial charge in [-0.3, -0.25) is 10.2 Å². The lowest BCUT2D eigenvalue weighted by Gasteiger charge is -2.12. The Morgan fingerprint density at radius 1 is 1.19 bits per heavy atom. The van der Waals surface area contributed by atoms with E-state index in [0.29, 0.717) is 38.8 Å². The molecule has 1 atom stereocenters. The van der Waals surface area contributed by atoms with Crippen LogP contribution in [0.4, 0.5) is 0 Å². The Bertz CT molecular complexity index is 1220. The van der Waals surface area contributed by atoms with Crippen LogP contribution in [-0.2, 0) is 11.4 Å². The number of thiazole rings is 1. The Balaban J connectivity index is 1.32. The molecule has 0 aliphatic carbocycles. The Labute approximate surface area is 192 Å². The first kappa shape index (κ1) is 20.6. The maximum Gasteiger partial charge on any atom is 0.231 e. The number of carbonyl (C=O) groups is 1. The van der Waals surface area contributed by atoms with Gasteiger partial charge in [-0.1, -0.05) is 23.9 Å². The zero-order valence-corrected chi connectivity index (χ0v) is 18.6. The van der Waals surface area contributed by atoms with Crippen molar-refractivity contribution in [2.24, 2.45) is 0 Å². The molecule has 0 spiro atoms. The number of rotatable bonds is 6. The van der Waals surface area contributed by atoms with Crippen molar-refractivity contribution in [3.8, 4) is 23.0 Å². The average molecular weight is 467 g/mol. The van der Waals surface area contributed by atoms with Gasteiger partial charge in [0.1, 0.15) is 17.5 Å². The molecule has 2 aliphatic rings. The van der Waals surface area contributed by atoms with Crippen LogP contribution in [0.1, 0.15) is 22.1 Å². The molecule has 0 bridgehead atoms. The van der Waals surface area contributed by atoms with Crippen LogP contribution in [0.2, 0.25) is 0 Å². The molecule has 32 heavy (non-hydrogen) atoms. The van der Waals surface area contributed by atoms with Crippen LogP contribution in [0.5, 0.6) is 23.0 Å². The summed E-state index contributed by atoms with van der Waals surface area (Å²) in [7, 11) is 1.57. The summed E-state index contributed by atoms with van der Waals surface area (Å²) in [6.07, 6.45) is 3.43. The van der Waals surface area contributed by atoms with E-state index in [9.17, 15) is 4.79 Å². The van der Waals surface area contributed by atoms with E-state index in [2.05, 4.69) is 4.98 Å². The highest BCUT2D eigenvalue weighted by Crippen LogP contribution is 2.42. The molecular weight excluding hydrogens is 448 g/mol. The van der Waals surface area contributed by atoms with Crippen molar-refractivity contribution >= 4 is 40.0 Å². The Hall–Kier alpha value is -3.30. The molecule has 1 N–H and O–H groups in total. The number of methoxy groups -OCH3 is 1. The van der Waals surface area contributed by atoms with Crippen LogP contribution in [0.3, 0.4) is 0 Å². The van der Waals surface area contributed by atoms with E-state index in [0.717, 1.165) is 16.9 Å². The number of nitrogens with one attached hydrogen (secondary N) is 1. The lowest BCUT2D eigenvalue weighted by atomic mass is 10.0. The molecule has 2 aromatic carbocycles. The summed E-state index contributed by atoms with van der Waals surface area (Å²) in [5, 5.41) is 11.0. The van der Waals surface area contributed by atoms with Gasteiger partial charge in [0.25, 0.3) is 0 Å². The number of thioether (sulfide) groups is 1. The number of carbonyl (C=O) groups excluding carboxylic acids is 1. The number of hydrogen-bond donors (Lipinski definition) is 1. The van der Waals surface area contributed by atoms with Gasteiger partial charge in [0.05, 0.1) is 17.1 Å². The predicted octanol–water partition coefficient (Wildman–Crippen LogP) is 4.88. The summed E-state index contributed by atoms with van der Waals surface area (Å²) in [5.74, 6) is 1.89. The molecule has 0 amide bonds. The van der Waals surface area contributed by atoms with Gasteiger partial charge in [-0.25, -0.2) is 4.98 Å². The third-order valence-electron chi connectivity index (χ3n) is 5.00. The van der Waals surface area contributed by atoms with Gasteiger partial charge in [0.2, 0.25) is 6.79 Å². The molecule has 9 heteroatoms. The van der Waals surface area contributed by atoms with Crippen LogP contribution >= 0.6 is 23.1 Å². The molecule has 7 nitrogen and oxygen atoms in total. The molecule has 3 aromatic rings. The highest BCUT2D eigenvalue weighted by Gasteiger charge is 2.38. The molecule has 3 heterocycles. The van der Waals surface area contributed by atoms with Crippen molar-refractivity contribution in [3.63, 3.8) is 0 Å². The van der Waals surface area contributed by atoms with E-state index in [1.165, 1.54) is 23.1 Å². The number of ketones is 1. The molecule has 1 saturated heterocycles. The van der Waals surface area contributed by atoms with Gasteiger partial charge < -0.3 is 18.9 Å². The Morgan fingerprint density at radius 2 is 2.06 bits per heavy atom. The van der Waals surface area contributed by atoms with Gasteiger partial charge in [-0.05, 0) is 41.5 Å². The predicted molar refractivity (Wildman–Crippen MR) is 123 cm³/mol. The molecule has 0 unspecified atom stereocenters. The van der Waals surface area contributed by atoms with Gasteiger partial charge in [0.15, 0.2) is 28.8 Å². The second-order valence-electron chi connectivity index (χ2n) is 7.03. The number of nitrogens with zero attached hydrogens (tertiary/aromatic N) is 1. The number of aromatic nitrogens is 1. The van der Waals surface area contributed by atoms with Crippen LogP contribution in [0.15, 0.2) is 52.9 Å². The van der Waals surface area contributed by atoms with Gasteiger partial charge in [-0.15, -0.1) is 11.3 Å². The lowest BCUT2D eigenvalue weighted by Crippen LogP contribution is -2.11. The number of fused-ring (bicyclic) bond motifs is 1. The van der Waals surface area contributed by atoms with Crippen LogP contribution < -0.4 is 18.9 Å². The maximum absolute atomic E-state index is 12.8. The first-order valence-corrected chi connectivity index (χ1v) is 11.4. The second kappa shape index (κ2) is 8.68. The zero-order chi connectivity index (χ0) is 22.1. The van der Waals surface area contributed by atoms with Gasteiger partial charge in [-0.2, -0.15) is 0 Å². The van der Waals surface area contributed by atoms with Gasteiger partial charge >= 0.3 is 0 Å². The number of ether oxygens (including phenoxy) is 4. The fourth-order valence-corrected chi connectivity index (χ4v) is 5.23. The first-order chi connectivity index (χ1) is 15.6. The summed E-state index contributed by atoms with van der Waals surface area (Å²) in [6.45, 7) is 0.573. The largest absolute Gasteiger partial charge is 0.493 e. The van der Waals surface area contributed by atoms with Crippen LogP contribution in [0, 0.1) is 5.41 Å². The summed E-state index contributed by atoms with van der Waals surface area (Å²) >= 11 is 2.57. The fraction of sp³-hybridized carbons (Fsp3) is 0.174. The highest BCUT2D eigenvalue weighted by molar-refractivity contribution is 8.19. The Morgan fingerprint density at radius 3 is 2.88 bits per heavy atom. The zero-order valence-electron chi connectivity index (χ0n) is 17.0. The third-order valence-corrected chi connectivity index (χ3v) is 6.84. The molecule has 1 aromatic heterocycles. The van der Waals surface area contributed by atoms with Gasteiger partial charge in [0, 0.05) is 11.6 Å². The van der Waals surface area contributed by atoms with E-state index in [1.54, 1.807) is 19.4 Å². The van der Waals surface area contributed by atoms with E-state index in [4.69, 9.17) is 24.4 Å². The minimum absolute atomic E-state index is 0.1000. The van der Waals surface area contributed by atoms with Crippen molar-refractivity contribution < 1.29 is 23.7 Å². The highest BCUT2D eigenvalue weighted by atomic mass is 32.2. The standard InChI is InChI=1S/C23H18N2O5S2/c1-27-17-8-13(10-19-21(26)20(22(24)32-19)23-25-6-7-31-23)2-4-15(17)28-11-14-3-5-16-18(9-14)30-12-29-16/h2-10,20,24H,11-12H2,1H3/b19-10-,24-22?/t20-/m1/s1. The number of allylic oxidation sites excluding steroid dienone is 1. The summed E-state index contributed by atoms with van der Waals surface area (Å²) in [4.78, 5) is 17.6. The number of benzene rings is 2. The summed E-state index contributed by atoms with van der Waals surface area (Å²) in [6, 6.07) is 11.2. The van der Waals surface area contributed by atoms with Crippen molar-refractivity contribution in [3.05, 3.63) is 69.0 Å². The third kappa shape index (κ3) is 3.96. The van der Waals surface area contributed by atoms with E-state index in [1.807, 2.05) is 41.8 Å². The number of hydrogen-bond acceptors (Lipinski definition) is 9. The lowest BCUT2D eigenvalue weighted by molar-refractivity contribution is -0.114. The Kier molecular flexibility index (Phi) is 5.59. The van der Waals surface area contributed by atoms with Crippen molar-refractivity contribution in [1.29, 1.82) is 5.41 Å². The number of Topliss-reactive ketones (excluding diaryl/α,β-unsaturated/α-hetero) is 1. The first-order valence-electron chi connectivity index (χ1n) is 9.73. The van der Waals surface area contributed by atoms with Crippen molar-refractivity contribution in [2.75, 3.05) is 13.9 Å². The average Bonchev–Trinajstić information content (AvgIpc) is 3.54. The molecule has 2 aliphatic heterocycles. The van der Waals surface area contributed by atoms with Crippen LogP contribution in [-0.4, -0.2) is 29.7 Å². The monoisotopic (exact) mass is 466 g/mol. The van der Waals surface area contributed by atoms with E-state index < -0.39 is 5.92 Å². The molecule has 162 valence electrons. The minimum atomic E-state index is -0.600. The van der Waals surface area contributed by atoms with Crippen LogP contribution in [0.25, 0.3) is 6.08 Å².